The molecule has 0 spiro atoms. The Labute approximate surface area is 174 Å². The van der Waals surface area contributed by atoms with Crippen LogP contribution in [0.1, 0.15) is 43.8 Å². The lowest BCUT2D eigenvalue weighted by Gasteiger charge is -2.21. The van der Waals surface area contributed by atoms with Crippen LogP contribution in [0.5, 0.6) is 5.75 Å². The molecule has 1 aromatic heterocycles. The SMILES string of the molecule is C=CCn1c(SCC(=O)Nc2cc(Cl)ccc2OC)nnc1C1CCCCC1. The van der Waals surface area contributed by atoms with Gasteiger partial charge in [0.2, 0.25) is 5.91 Å². The Bertz CT molecular complexity index is 834. The number of nitrogens with zero attached hydrogens (tertiary/aromatic N) is 3. The molecule has 28 heavy (non-hydrogen) atoms. The summed E-state index contributed by atoms with van der Waals surface area (Å²) >= 11 is 7.39. The third-order valence-corrected chi connectivity index (χ3v) is 6.00. The molecular formula is C20H25ClN4O2S. The van der Waals surface area contributed by atoms with Gasteiger partial charge in [0, 0.05) is 17.5 Å². The Morgan fingerprint density at radius 1 is 1.39 bits per heavy atom. The number of nitrogens with one attached hydrogen (secondary N) is 1. The third-order valence-electron chi connectivity index (χ3n) is 4.80. The van der Waals surface area contributed by atoms with Crippen molar-refractivity contribution in [2.75, 3.05) is 18.2 Å². The van der Waals surface area contributed by atoms with Gasteiger partial charge in [0.25, 0.3) is 0 Å². The van der Waals surface area contributed by atoms with Crippen LogP contribution in [0.3, 0.4) is 0 Å². The van der Waals surface area contributed by atoms with Crippen LogP contribution in [0, 0.1) is 0 Å². The van der Waals surface area contributed by atoms with Gasteiger partial charge in [0.15, 0.2) is 5.16 Å². The summed E-state index contributed by atoms with van der Waals surface area (Å²) in [5.41, 5.74) is 0.552. The van der Waals surface area contributed by atoms with Gasteiger partial charge >= 0.3 is 0 Å². The van der Waals surface area contributed by atoms with Gasteiger partial charge in [-0.1, -0.05) is 48.7 Å². The van der Waals surface area contributed by atoms with Crippen LogP contribution < -0.4 is 10.1 Å². The van der Waals surface area contributed by atoms with Crippen molar-refractivity contribution in [2.24, 2.45) is 0 Å². The molecule has 0 bridgehead atoms. The molecular weight excluding hydrogens is 396 g/mol. The maximum atomic E-state index is 12.4. The molecule has 1 aliphatic rings. The molecule has 0 atom stereocenters. The van der Waals surface area contributed by atoms with E-state index < -0.39 is 0 Å². The second-order valence-corrected chi connectivity index (χ2v) is 8.14. The predicted octanol–water partition coefficient (Wildman–Crippen LogP) is 4.90. The van der Waals surface area contributed by atoms with Gasteiger partial charge in [-0.15, -0.1) is 16.8 Å². The fourth-order valence-corrected chi connectivity index (χ4v) is 4.39. The van der Waals surface area contributed by atoms with Gasteiger partial charge < -0.3 is 14.6 Å². The molecule has 0 radical (unpaired) electrons. The van der Waals surface area contributed by atoms with Gasteiger partial charge in [0.1, 0.15) is 11.6 Å². The molecule has 1 aromatic carbocycles. The molecule has 1 amide bonds. The Morgan fingerprint density at radius 3 is 2.89 bits per heavy atom. The summed E-state index contributed by atoms with van der Waals surface area (Å²) < 4.78 is 7.35. The zero-order valence-electron chi connectivity index (χ0n) is 16.0. The molecule has 0 unspecified atom stereocenters. The van der Waals surface area contributed by atoms with E-state index in [-0.39, 0.29) is 11.7 Å². The molecule has 2 aromatic rings. The number of halogens is 1. The highest BCUT2D eigenvalue weighted by Crippen LogP contribution is 2.33. The van der Waals surface area contributed by atoms with Crippen molar-refractivity contribution in [3.8, 4) is 5.75 Å². The van der Waals surface area contributed by atoms with Crippen molar-refractivity contribution in [3.05, 3.63) is 41.7 Å². The molecule has 3 rings (SSSR count). The van der Waals surface area contributed by atoms with Crippen LogP contribution in [-0.2, 0) is 11.3 Å². The second kappa shape index (κ2) is 9.98. The van der Waals surface area contributed by atoms with E-state index >= 15 is 0 Å². The van der Waals surface area contributed by atoms with Crippen molar-refractivity contribution < 1.29 is 9.53 Å². The zero-order chi connectivity index (χ0) is 19.9. The lowest BCUT2D eigenvalue weighted by molar-refractivity contribution is -0.113. The predicted molar refractivity (Wildman–Crippen MR) is 113 cm³/mol. The van der Waals surface area contributed by atoms with Gasteiger partial charge in [-0.05, 0) is 31.0 Å². The van der Waals surface area contributed by atoms with Crippen molar-refractivity contribution in [3.63, 3.8) is 0 Å². The highest BCUT2D eigenvalue weighted by atomic mass is 35.5. The molecule has 1 saturated carbocycles. The highest BCUT2D eigenvalue weighted by molar-refractivity contribution is 7.99. The first-order chi connectivity index (χ1) is 13.6. The lowest BCUT2D eigenvalue weighted by atomic mass is 9.89. The van der Waals surface area contributed by atoms with Crippen molar-refractivity contribution >= 4 is 35.0 Å². The van der Waals surface area contributed by atoms with Gasteiger partial charge in [-0.25, -0.2) is 0 Å². The minimum absolute atomic E-state index is 0.155. The number of benzene rings is 1. The van der Waals surface area contributed by atoms with Crippen LogP contribution >= 0.6 is 23.4 Å². The molecule has 1 heterocycles. The Balaban J connectivity index is 1.67. The Kier molecular flexibility index (Phi) is 7.39. The number of allylic oxidation sites excluding steroid dienone is 1. The lowest BCUT2D eigenvalue weighted by Crippen LogP contribution is -2.16. The summed E-state index contributed by atoms with van der Waals surface area (Å²) in [4.78, 5) is 12.4. The molecule has 1 N–H and O–H groups in total. The average Bonchev–Trinajstić information content (AvgIpc) is 3.10. The Hall–Kier alpha value is -1.99. The number of ether oxygens (including phenoxy) is 1. The van der Waals surface area contributed by atoms with Crippen LogP contribution in [0.15, 0.2) is 36.0 Å². The summed E-state index contributed by atoms with van der Waals surface area (Å²) in [5, 5.41) is 12.9. The topological polar surface area (TPSA) is 69.0 Å². The van der Waals surface area contributed by atoms with E-state index in [2.05, 4.69) is 26.7 Å². The quantitative estimate of drug-likeness (QED) is 0.485. The molecule has 6 nitrogen and oxygen atoms in total. The van der Waals surface area contributed by atoms with E-state index in [1.165, 1.54) is 31.0 Å². The van der Waals surface area contributed by atoms with Crippen molar-refractivity contribution in [1.29, 1.82) is 0 Å². The second-order valence-electron chi connectivity index (χ2n) is 6.76. The number of hydrogen-bond acceptors (Lipinski definition) is 5. The third kappa shape index (κ3) is 5.08. The minimum Gasteiger partial charge on any atom is -0.495 e. The smallest absolute Gasteiger partial charge is 0.234 e. The van der Waals surface area contributed by atoms with Crippen LogP contribution in [0.25, 0.3) is 0 Å². The molecule has 0 saturated heterocycles. The first-order valence-corrected chi connectivity index (χ1v) is 10.8. The summed E-state index contributed by atoms with van der Waals surface area (Å²) in [6, 6.07) is 5.11. The summed E-state index contributed by atoms with van der Waals surface area (Å²) in [6.07, 6.45) is 7.90. The maximum Gasteiger partial charge on any atom is 0.234 e. The fourth-order valence-electron chi connectivity index (χ4n) is 3.46. The van der Waals surface area contributed by atoms with Gasteiger partial charge in [0.05, 0.1) is 18.6 Å². The normalized spacial score (nSPS) is 14.6. The monoisotopic (exact) mass is 420 g/mol. The number of hydrogen-bond donors (Lipinski definition) is 1. The number of carbonyl (C=O) groups is 1. The number of rotatable bonds is 8. The van der Waals surface area contributed by atoms with Gasteiger partial charge in [-0.2, -0.15) is 0 Å². The molecule has 150 valence electrons. The first-order valence-electron chi connectivity index (χ1n) is 9.42. The number of methoxy groups -OCH3 is 1. The van der Waals surface area contributed by atoms with Crippen molar-refractivity contribution in [1.82, 2.24) is 14.8 Å². The summed E-state index contributed by atoms with van der Waals surface area (Å²) in [6.45, 7) is 4.49. The molecule has 0 aliphatic heterocycles. The standard InChI is InChI=1S/C20H25ClN4O2S/c1-3-11-25-19(14-7-5-4-6-8-14)23-24-20(25)28-13-18(26)22-16-12-15(21)9-10-17(16)27-2/h3,9-10,12,14H,1,4-8,11,13H2,2H3,(H,22,26). The first kappa shape index (κ1) is 20.7. The van der Waals surface area contributed by atoms with E-state index in [0.29, 0.717) is 28.9 Å². The highest BCUT2D eigenvalue weighted by Gasteiger charge is 2.23. The van der Waals surface area contributed by atoms with Crippen LogP contribution in [0.2, 0.25) is 5.02 Å². The van der Waals surface area contributed by atoms with E-state index in [9.17, 15) is 4.79 Å². The summed E-state index contributed by atoms with van der Waals surface area (Å²) in [5.74, 6) is 2.09. The number of carbonyl (C=O) groups excluding carboxylic acids is 1. The molecule has 8 heteroatoms. The largest absolute Gasteiger partial charge is 0.495 e. The van der Waals surface area contributed by atoms with E-state index in [1.54, 1.807) is 25.3 Å². The summed E-state index contributed by atoms with van der Waals surface area (Å²) in [7, 11) is 1.55. The van der Waals surface area contributed by atoms with E-state index in [0.717, 1.165) is 23.8 Å². The van der Waals surface area contributed by atoms with Crippen LogP contribution in [-0.4, -0.2) is 33.5 Å². The van der Waals surface area contributed by atoms with E-state index in [4.69, 9.17) is 16.3 Å². The zero-order valence-corrected chi connectivity index (χ0v) is 17.6. The number of aromatic nitrogens is 3. The minimum atomic E-state index is -0.155. The van der Waals surface area contributed by atoms with Gasteiger partial charge in [-0.3, -0.25) is 4.79 Å². The Morgan fingerprint density at radius 2 is 2.18 bits per heavy atom. The van der Waals surface area contributed by atoms with Crippen LogP contribution in [0.4, 0.5) is 5.69 Å². The van der Waals surface area contributed by atoms with Crippen molar-refractivity contribution in [2.45, 2.75) is 49.7 Å². The number of thioether (sulfide) groups is 1. The maximum absolute atomic E-state index is 12.4. The fraction of sp³-hybridized carbons (Fsp3) is 0.450. The average molecular weight is 421 g/mol. The number of amides is 1. The van der Waals surface area contributed by atoms with E-state index in [1.807, 2.05) is 6.08 Å². The number of anilines is 1. The molecule has 1 fully saturated rings. The molecule has 1 aliphatic carbocycles.